The summed E-state index contributed by atoms with van der Waals surface area (Å²) in [6.07, 6.45) is 0. The molecule has 3 heteroatoms. The molecule has 0 bridgehead atoms. The molecule has 43 heavy (non-hydrogen) atoms. The summed E-state index contributed by atoms with van der Waals surface area (Å²) < 4.78 is 5.62. The molecule has 202 valence electrons. The first-order valence-corrected chi connectivity index (χ1v) is 17.0. The van der Waals surface area contributed by atoms with Gasteiger partial charge in [-0.2, -0.15) is 0 Å². The molecule has 0 N–H and O–H groups in total. The van der Waals surface area contributed by atoms with Gasteiger partial charge < -0.3 is 0 Å². The standard InChI is InChI=1S/C40H25NSSe/c1-2-9-26(10-3-1)27-11-8-12-29(23-27)41(31-19-22-34-33-13-4-6-15-37(33)42-38(34)25-31)30-18-21-32-28(24-30)17-20-36-35-14-5-7-16-39(35)43-40(32)36/h1-25H. The van der Waals surface area contributed by atoms with Crippen LogP contribution in [0.4, 0.5) is 17.1 Å². The number of rotatable bonds is 4. The first-order chi connectivity index (χ1) is 21.3. The molecule has 0 fully saturated rings. The van der Waals surface area contributed by atoms with E-state index in [0.29, 0.717) is 14.5 Å². The zero-order valence-corrected chi connectivity index (χ0v) is 25.7. The number of fused-ring (bicyclic) bond motifs is 8. The second-order valence-corrected chi connectivity index (χ2v) is 14.3. The summed E-state index contributed by atoms with van der Waals surface area (Å²) >= 11 is 2.19. The van der Waals surface area contributed by atoms with E-state index in [4.69, 9.17) is 0 Å². The van der Waals surface area contributed by atoms with Gasteiger partial charge in [0.05, 0.1) is 0 Å². The molecule has 0 amide bonds. The zero-order valence-electron chi connectivity index (χ0n) is 23.2. The molecule has 9 rings (SSSR count). The molecule has 0 radical (unpaired) electrons. The zero-order chi connectivity index (χ0) is 28.3. The fourth-order valence-electron chi connectivity index (χ4n) is 6.39. The van der Waals surface area contributed by atoms with Crippen LogP contribution in [0.2, 0.25) is 0 Å². The Labute approximate surface area is 259 Å². The molecule has 0 spiro atoms. The molecule has 0 aliphatic heterocycles. The monoisotopic (exact) mass is 631 g/mol. The second-order valence-electron chi connectivity index (χ2n) is 11.0. The van der Waals surface area contributed by atoms with Gasteiger partial charge in [0.15, 0.2) is 0 Å². The molecule has 0 aliphatic rings. The van der Waals surface area contributed by atoms with Crippen LogP contribution in [0, 0.1) is 0 Å². The molecule has 9 aromatic rings. The Bertz CT molecular complexity index is 2470. The van der Waals surface area contributed by atoms with Crippen molar-refractivity contribution in [2.45, 2.75) is 0 Å². The molecular formula is C40H25NSSe. The van der Waals surface area contributed by atoms with Gasteiger partial charge in [-0.25, -0.2) is 0 Å². The third kappa shape index (κ3) is 4.12. The van der Waals surface area contributed by atoms with E-state index in [1.54, 1.807) is 0 Å². The summed E-state index contributed by atoms with van der Waals surface area (Å²) in [5, 5.41) is 8.11. The minimum atomic E-state index is 0.322. The van der Waals surface area contributed by atoms with E-state index >= 15 is 0 Å². The van der Waals surface area contributed by atoms with Crippen molar-refractivity contribution in [1.29, 1.82) is 0 Å². The van der Waals surface area contributed by atoms with Crippen LogP contribution in [0.3, 0.4) is 0 Å². The predicted molar refractivity (Wildman–Crippen MR) is 189 cm³/mol. The van der Waals surface area contributed by atoms with Gasteiger partial charge in [-0.3, -0.25) is 0 Å². The average molecular weight is 631 g/mol. The summed E-state index contributed by atoms with van der Waals surface area (Å²) in [4.78, 5) is 2.42. The Morgan fingerprint density at radius 1 is 0.419 bits per heavy atom. The van der Waals surface area contributed by atoms with E-state index in [0.717, 1.165) is 5.69 Å². The van der Waals surface area contributed by atoms with Crippen LogP contribution < -0.4 is 4.90 Å². The Morgan fingerprint density at radius 3 is 2.00 bits per heavy atom. The molecule has 2 heterocycles. The average Bonchev–Trinajstić information content (AvgIpc) is 3.64. The van der Waals surface area contributed by atoms with Crippen LogP contribution in [-0.4, -0.2) is 14.5 Å². The Kier molecular flexibility index (Phi) is 5.77. The van der Waals surface area contributed by atoms with Crippen molar-refractivity contribution in [3.8, 4) is 11.1 Å². The summed E-state index contributed by atoms with van der Waals surface area (Å²) in [5.74, 6) is 0. The maximum absolute atomic E-state index is 2.42. The Balaban J connectivity index is 1.25. The summed E-state index contributed by atoms with van der Waals surface area (Å²) in [6, 6.07) is 55.8. The van der Waals surface area contributed by atoms with Gasteiger partial charge in [-0.05, 0) is 0 Å². The number of benzene rings is 7. The summed E-state index contributed by atoms with van der Waals surface area (Å²) in [6.45, 7) is 0. The van der Waals surface area contributed by atoms with E-state index in [1.165, 1.54) is 72.7 Å². The van der Waals surface area contributed by atoms with E-state index in [2.05, 4.69) is 157 Å². The van der Waals surface area contributed by atoms with Crippen molar-refractivity contribution in [2.24, 2.45) is 0 Å². The molecule has 7 aromatic carbocycles. The minimum absolute atomic E-state index is 0.322. The number of thiophene rings is 1. The van der Waals surface area contributed by atoms with Crippen molar-refractivity contribution in [3.63, 3.8) is 0 Å². The first-order valence-electron chi connectivity index (χ1n) is 14.5. The van der Waals surface area contributed by atoms with Crippen LogP contribution >= 0.6 is 11.3 Å². The quantitative estimate of drug-likeness (QED) is 0.175. The van der Waals surface area contributed by atoms with E-state index in [-0.39, 0.29) is 0 Å². The molecule has 0 saturated carbocycles. The molecule has 0 aliphatic carbocycles. The third-order valence-electron chi connectivity index (χ3n) is 8.43. The van der Waals surface area contributed by atoms with Gasteiger partial charge in [0.25, 0.3) is 0 Å². The third-order valence-corrected chi connectivity index (χ3v) is 12.1. The summed E-state index contributed by atoms with van der Waals surface area (Å²) in [5.41, 5.74) is 5.92. The fourth-order valence-corrected chi connectivity index (χ4v) is 10.1. The molecule has 2 aromatic heterocycles. The predicted octanol–water partition coefficient (Wildman–Crippen LogP) is 11.7. The number of hydrogen-bond acceptors (Lipinski definition) is 2. The van der Waals surface area contributed by atoms with Crippen LogP contribution in [0.1, 0.15) is 0 Å². The maximum atomic E-state index is 2.42. The van der Waals surface area contributed by atoms with Gasteiger partial charge in [0.1, 0.15) is 0 Å². The van der Waals surface area contributed by atoms with Crippen LogP contribution in [0.15, 0.2) is 152 Å². The molecule has 1 nitrogen and oxygen atoms in total. The topological polar surface area (TPSA) is 3.24 Å². The SMILES string of the molecule is c1ccc(-c2cccc(N(c3ccc4c(ccc5c6ccccc6[se]c45)c3)c3ccc4c(c3)sc3ccccc34)c2)cc1. The molecule has 0 saturated heterocycles. The van der Waals surface area contributed by atoms with Crippen molar-refractivity contribution in [2.75, 3.05) is 4.90 Å². The number of nitrogens with zero attached hydrogens (tertiary/aromatic N) is 1. The fraction of sp³-hybridized carbons (Fsp3) is 0. The van der Waals surface area contributed by atoms with Crippen molar-refractivity contribution in [3.05, 3.63) is 152 Å². The molecular weight excluding hydrogens is 605 g/mol. The molecule has 0 unspecified atom stereocenters. The van der Waals surface area contributed by atoms with Crippen LogP contribution in [0.25, 0.3) is 61.4 Å². The number of hydrogen-bond donors (Lipinski definition) is 0. The van der Waals surface area contributed by atoms with E-state index in [9.17, 15) is 0 Å². The normalized spacial score (nSPS) is 11.7. The van der Waals surface area contributed by atoms with Gasteiger partial charge in [-0.15, -0.1) is 0 Å². The van der Waals surface area contributed by atoms with Gasteiger partial charge in [0, 0.05) is 0 Å². The second kappa shape index (κ2) is 9.97. The van der Waals surface area contributed by atoms with Gasteiger partial charge in [0.2, 0.25) is 0 Å². The van der Waals surface area contributed by atoms with Gasteiger partial charge in [-0.1, -0.05) is 18.2 Å². The van der Waals surface area contributed by atoms with Crippen molar-refractivity contribution in [1.82, 2.24) is 0 Å². The summed E-state index contributed by atoms with van der Waals surface area (Å²) in [7, 11) is 0. The Hall–Kier alpha value is -4.66. The Morgan fingerprint density at radius 2 is 1.09 bits per heavy atom. The first kappa shape index (κ1) is 24.9. The van der Waals surface area contributed by atoms with E-state index in [1.807, 2.05) is 11.3 Å². The number of anilines is 3. The van der Waals surface area contributed by atoms with Crippen LogP contribution in [-0.2, 0) is 0 Å². The molecule has 0 atom stereocenters. The van der Waals surface area contributed by atoms with Crippen molar-refractivity contribution < 1.29 is 0 Å². The van der Waals surface area contributed by atoms with Crippen LogP contribution in [0.5, 0.6) is 0 Å². The van der Waals surface area contributed by atoms with E-state index < -0.39 is 0 Å². The van der Waals surface area contributed by atoms with Crippen molar-refractivity contribution >= 4 is 93.1 Å². The van der Waals surface area contributed by atoms with Gasteiger partial charge >= 0.3 is 243 Å².